The molecule has 1 aromatic carbocycles. The number of nitrogens with zero attached hydrogens (tertiary/aromatic N) is 2. The Kier molecular flexibility index (Phi) is 3.75. The lowest BCUT2D eigenvalue weighted by atomic mass is 9.89. The molecule has 2 aromatic rings. The molecule has 0 aliphatic rings. The van der Waals surface area contributed by atoms with Gasteiger partial charge in [-0.2, -0.15) is 4.98 Å². The van der Waals surface area contributed by atoms with E-state index in [2.05, 4.69) is 4.98 Å². The van der Waals surface area contributed by atoms with Gasteiger partial charge < -0.3 is 0 Å². The third-order valence-corrected chi connectivity index (χ3v) is 3.29. The molecule has 20 heavy (non-hydrogen) atoms. The topological polar surface area (TPSA) is 52.0 Å². The van der Waals surface area contributed by atoms with Gasteiger partial charge in [-0.25, -0.2) is 4.79 Å². The van der Waals surface area contributed by atoms with Gasteiger partial charge in [-0.05, 0) is 13.0 Å². The number of carbonyl (C=O) groups is 1. The summed E-state index contributed by atoms with van der Waals surface area (Å²) in [5.74, 6) is 0.0703. The first-order valence-electron chi connectivity index (χ1n) is 6.80. The average molecular weight is 272 g/mol. The average Bonchev–Trinajstić information content (AvgIpc) is 2.35. The summed E-state index contributed by atoms with van der Waals surface area (Å²) in [7, 11) is 0. The molecule has 106 valence electrons. The van der Waals surface area contributed by atoms with E-state index in [4.69, 9.17) is 0 Å². The zero-order valence-corrected chi connectivity index (χ0v) is 12.4. The number of ketones is 1. The minimum Gasteiger partial charge on any atom is -0.300 e. The van der Waals surface area contributed by atoms with Gasteiger partial charge in [-0.3, -0.25) is 9.36 Å². The number of aromatic nitrogens is 2. The summed E-state index contributed by atoms with van der Waals surface area (Å²) in [6.45, 7) is 8.04. The molecule has 0 aliphatic heterocycles. The number of aryl methyl sites for hydroxylation is 1. The fourth-order valence-electron chi connectivity index (χ4n) is 2.29. The highest BCUT2D eigenvalue weighted by Gasteiger charge is 2.21. The van der Waals surface area contributed by atoms with E-state index in [0.29, 0.717) is 13.0 Å². The third-order valence-electron chi connectivity index (χ3n) is 3.29. The van der Waals surface area contributed by atoms with Crippen LogP contribution in [0.3, 0.4) is 0 Å². The molecule has 0 atom stereocenters. The van der Waals surface area contributed by atoms with Crippen molar-refractivity contribution in [1.82, 2.24) is 9.55 Å². The van der Waals surface area contributed by atoms with Gasteiger partial charge in [0.15, 0.2) is 0 Å². The van der Waals surface area contributed by atoms with E-state index in [9.17, 15) is 9.59 Å². The standard InChI is InChI=1S/C16H20N2O2/c1-11(19)9-10-18-13-8-6-5-7-12(13)14(16(2,3)4)17-15(18)20/h5-8H,9-10H2,1-4H3. The van der Waals surface area contributed by atoms with E-state index < -0.39 is 0 Å². The molecule has 2 rings (SSSR count). The van der Waals surface area contributed by atoms with Gasteiger partial charge in [0.25, 0.3) is 0 Å². The van der Waals surface area contributed by atoms with E-state index in [0.717, 1.165) is 16.6 Å². The summed E-state index contributed by atoms with van der Waals surface area (Å²) in [4.78, 5) is 27.7. The Balaban J connectivity index is 2.70. The van der Waals surface area contributed by atoms with Crippen LogP contribution >= 0.6 is 0 Å². The predicted molar refractivity (Wildman–Crippen MR) is 80.0 cm³/mol. The van der Waals surface area contributed by atoms with Crippen molar-refractivity contribution in [2.45, 2.75) is 46.1 Å². The summed E-state index contributed by atoms with van der Waals surface area (Å²) in [6, 6.07) is 7.73. The lowest BCUT2D eigenvalue weighted by Crippen LogP contribution is -2.29. The maximum Gasteiger partial charge on any atom is 0.348 e. The zero-order valence-electron chi connectivity index (χ0n) is 12.4. The number of Topliss-reactive ketones (excluding diaryl/α,β-unsaturated/α-hetero) is 1. The zero-order chi connectivity index (χ0) is 14.9. The summed E-state index contributed by atoms with van der Waals surface area (Å²) >= 11 is 0. The molecule has 0 bridgehead atoms. The Morgan fingerprint density at radius 1 is 1.25 bits per heavy atom. The van der Waals surface area contributed by atoms with Crippen LogP contribution in [0.1, 0.15) is 39.8 Å². The fourth-order valence-corrected chi connectivity index (χ4v) is 2.29. The molecule has 0 saturated carbocycles. The predicted octanol–water partition coefficient (Wildman–Crippen LogP) is 2.67. The van der Waals surface area contributed by atoms with Crippen molar-refractivity contribution < 1.29 is 4.79 Å². The van der Waals surface area contributed by atoms with Crippen LogP contribution in [0.15, 0.2) is 29.1 Å². The number of para-hydroxylation sites is 1. The van der Waals surface area contributed by atoms with Gasteiger partial charge >= 0.3 is 5.69 Å². The van der Waals surface area contributed by atoms with Crippen molar-refractivity contribution in [2.24, 2.45) is 0 Å². The first-order chi connectivity index (χ1) is 9.30. The molecule has 4 heteroatoms. The van der Waals surface area contributed by atoms with Crippen molar-refractivity contribution in [2.75, 3.05) is 0 Å². The summed E-state index contributed by atoms with van der Waals surface area (Å²) in [5.41, 5.74) is 1.17. The van der Waals surface area contributed by atoms with Crippen molar-refractivity contribution in [3.8, 4) is 0 Å². The quantitative estimate of drug-likeness (QED) is 0.863. The molecule has 0 radical (unpaired) electrons. The van der Waals surface area contributed by atoms with E-state index in [1.165, 1.54) is 6.92 Å². The maximum atomic E-state index is 12.3. The summed E-state index contributed by atoms with van der Waals surface area (Å²) in [6.07, 6.45) is 0.348. The van der Waals surface area contributed by atoms with Gasteiger partial charge in [0.1, 0.15) is 5.78 Å². The molecule has 1 aromatic heterocycles. The highest BCUT2D eigenvalue weighted by atomic mass is 16.1. The van der Waals surface area contributed by atoms with Gasteiger partial charge in [0.05, 0.1) is 11.2 Å². The largest absolute Gasteiger partial charge is 0.348 e. The van der Waals surface area contributed by atoms with Crippen molar-refractivity contribution in [3.63, 3.8) is 0 Å². The maximum absolute atomic E-state index is 12.3. The third kappa shape index (κ3) is 2.79. The monoisotopic (exact) mass is 272 g/mol. The molecule has 0 spiro atoms. The van der Waals surface area contributed by atoms with Crippen molar-refractivity contribution in [1.29, 1.82) is 0 Å². The lowest BCUT2D eigenvalue weighted by molar-refractivity contribution is -0.117. The number of benzene rings is 1. The SMILES string of the molecule is CC(=O)CCn1c(=O)nc(C(C)(C)C)c2ccccc21. The first-order valence-corrected chi connectivity index (χ1v) is 6.80. The number of fused-ring (bicyclic) bond motifs is 1. The van der Waals surface area contributed by atoms with Gasteiger partial charge in [0.2, 0.25) is 0 Å². The van der Waals surface area contributed by atoms with Crippen LogP contribution in [0.4, 0.5) is 0 Å². The molecular formula is C16H20N2O2. The van der Waals surface area contributed by atoms with E-state index in [1.54, 1.807) is 4.57 Å². The minimum atomic E-state index is -0.283. The van der Waals surface area contributed by atoms with Crippen molar-refractivity contribution >= 4 is 16.7 Å². The van der Waals surface area contributed by atoms with Crippen LogP contribution in [-0.4, -0.2) is 15.3 Å². The molecule has 0 aliphatic carbocycles. The first kappa shape index (κ1) is 14.4. The molecular weight excluding hydrogens is 252 g/mol. The van der Waals surface area contributed by atoms with Gasteiger partial charge in [0, 0.05) is 23.8 Å². The number of carbonyl (C=O) groups excluding carboxylic acids is 1. The molecule has 0 fully saturated rings. The van der Waals surface area contributed by atoms with Gasteiger partial charge in [-0.15, -0.1) is 0 Å². The van der Waals surface area contributed by atoms with Crippen LogP contribution in [0.5, 0.6) is 0 Å². The number of rotatable bonds is 3. The molecule has 0 unspecified atom stereocenters. The number of hydrogen-bond acceptors (Lipinski definition) is 3. The van der Waals surface area contributed by atoms with Crippen LogP contribution in [0, 0.1) is 0 Å². The summed E-state index contributed by atoms with van der Waals surface area (Å²) < 4.78 is 1.59. The Morgan fingerprint density at radius 3 is 2.50 bits per heavy atom. The second kappa shape index (κ2) is 5.19. The molecule has 0 saturated heterocycles. The van der Waals surface area contributed by atoms with Crippen LogP contribution in [0.2, 0.25) is 0 Å². The highest BCUT2D eigenvalue weighted by Crippen LogP contribution is 2.26. The summed E-state index contributed by atoms with van der Waals surface area (Å²) in [5, 5.41) is 0.975. The fraction of sp³-hybridized carbons (Fsp3) is 0.438. The Labute approximate surface area is 118 Å². The molecule has 1 heterocycles. The lowest BCUT2D eigenvalue weighted by Gasteiger charge is -2.21. The van der Waals surface area contributed by atoms with E-state index >= 15 is 0 Å². The Morgan fingerprint density at radius 2 is 1.90 bits per heavy atom. The van der Waals surface area contributed by atoms with Crippen LogP contribution < -0.4 is 5.69 Å². The molecule has 0 amide bonds. The second-order valence-electron chi connectivity index (χ2n) is 6.11. The second-order valence-corrected chi connectivity index (χ2v) is 6.11. The normalized spacial score (nSPS) is 11.8. The molecule has 4 nitrogen and oxygen atoms in total. The van der Waals surface area contributed by atoms with Crippen LogP contribution in [0.25, 0.3) is 10.9 Å². The van der Waals surface area contributed by atoms with Gasteiger partial charge in [-0.1, -0.05) is 39.0 Å². The Hall–Kier alpha value is -1.97. The smallest absolute Gasteiger partial charge is 0.300 e. The molecule has 0 N–H and O–H groups in total. The van der Waals surface area contributed by atoms with Crippen molar-refractivity contribution in [3.05, 3.63) is 40.4 Å². The van der Waals surface area contributed by atoms with E-state index in [-0.39, 0.29) is 16.9 Å². The Bertz CT molecular complexity index is 708. The van der Waals surface area contributed by atoms with Crippen LogP contribution in [-0.2, 0) is 16.8 Å². The highest BCUT2D eigenvalue weighted by molar-refractivity contribution is 5.82. The minimum absolute atomic E-state index is 0.0703. The van der Waals surface area contributed by atoms with E-state index in [1.807, 2.05) is 45.0 Å². The number of hydrogen-bond donors (Lipinski definition) is 0.